The molecule has 0 spiro atoms. The minimum Gasteiger partial charge on any atom is -0.476 e. The molecule has 1 aliphatic carbocycles. The van der Waals surface area contributed by atoms with Gasteiger partial charge in [-0.2, -0.15) is 0 Å². The van der Waals surface area contributed by atoms with Crippen LogP contribution in [0.2, 0.25) is 0 Å². The molecule has 1 aromatic heterocycles. The van der Waals surface area contributed by atoms with Gasteiger partial charge in [-0.1, -0.05) is 48.5 Å². The van der Waals surface area contributed by atoms with E-state index < -0.39 is 5.97 Å². The van der Waals surface area contributed by atoms with Gasteiger partial charge in [0.15, 0.2) is 0 Å². The van der Waals surface area contributed by atoms with Gasteiger partial charge in [-0.05, 0) is 36.5 Å². The van der Waals surface area contributed by atoms with Crippen LogP contribution < -0.4 is 0 Å². The highest BCUT2D eigenvalue weighted by molar-refractivity contribution is 5.92. The van der Waals surface area contributed by atoms with Crippen molar-refractivity contribution in [3.05, 3.63) is 59.8 Å². The maximum absolute atomic E-state index is 11.8. The summed E-state index contributed by atoms with van der Waals surface area (Å²) >= 11 is 0. The van der Waals surface area contributed by atoms with E-state index in [1.165, 1.54) is 0 Å². The second kappa shape index (κ2) is 5.91. The molecule has 1 aliphatic rings. The normalized spacial score (nSPS) is 14.8. The van der Waals surface area contributed by atoms with E-state index in [-0.39, 0.29) is 22.7 Å². The first-order chi connectivity index (χ1) is 12.5. The predicted molar refractivity (Wildman–Crippen MR) is 93.7 cm³/mol. The summed E-state index contributed by atoms with van der Waals surface area (Å²) in [5, 5.41) is 15.9. The zero-order valence-corrected chi connectivity index (χ0v) is 14.1. The highest BCUT2D eigenvalue weighted by Crippen LogP contribution is 2.49. The van der Waals surface area contributed by atoms with Gasteiger partial charge >= 0.3 is 5.97 Å². The maximum Gasteiger partial charge on any atom is 0.360 e. The fourth-order valence-electron chi connectivity index (χ4n) is 3.28. The number of carbonyl (C=O) groups excluding carboxylic acids is 1. The number of nitrogens with zero attached hydrogens (tertiary/aromatic N) is 2. The van der Waals surface area contributed by atoms with Crippen LogP contribution >= 0.6 is 0 Å². The van der Waals surface area contributed by atoms with Gasteiger partial charge in [-0.3, -0.25) is 4.79 Å². The third-order valence-electron chi connectivity index (χ3n) is 5.03. The van der Waals surface area contributed by atoms with Crippen LogP contribution in [0.4, 0.5) is 0 Å². The van der Waals surface area contributed by atoms with Gasteiger partial charge in [0.1, 0.15) is 5.78 Å². The topological polar surface area (TPSA) is 93.3 Å². The average molecular weight is 348 g/mol. The molecule has 0 amide bonds. The number of aromatic nitrogens is 2. The molecule has 26 heavy (non-hydrogen) atoms. The Bertz CT molecular complexity index is 983. The Kier molecular flexibility index (Phi) is 3.68. The Hall–Kier alpha value is -3.28. The SMILES string of the molecule is CC(=O)C1(c2ccc(-c3ccc(-c4onnc4C(=O)O)cc3)cc2)CC1. The number of hydrogen-bond acceptors (Lipinski definition) is 5. The molecule has 0 saturated heterocycles. The third kappa shape index (κ3) is 2.60. The van der Waals surface area contributed by atoms with Crippen LogP contribution in [0.5, 0.6) is 0 Å². The van der Waals surface area contributed by atoms with Crippen molar-refractivity contribution in [3.63, 3.8) is 0 Å². The first kappa shape index (κ1) is 16.2. The molecule has 0 radical (unpaired) electrons. The van der Waals surface area contributed by atoms with Crippen molar-refractivity contribution in [1.82, 2.24) is 10.4 Å². The number of Topliss-reactive ketones (excluding diaryl/α,β-unsaturated/α-hetero) is 1. The zero-order chi connectivity index (χ0) is 18.3. The van der Waals surface area contributed by atoms with E-state index in [0.717, 1.165) is 29.5 Å². The molecule has 1 heterocycles. The van der Waals surface area contributed by atoms with Gasteiger partial charge in [0.2, 0.25) is 11.5 Å². The van der Waals surface area contributed by atoms with Gasteiger partial charge < -0.3 is 9.63 Å². The molecule has 0 aliphatic heterocycles. The molecule has 1 N–H and O–H groups in total. The van der Waals surface area contributed by atoms with Gasteiger partial charge in [-0.25, -0.2) is 4.79 Å². The molecule has 1 fully saturated rings. The molecule has 1 saturated carbocycles. The highest BCUT2D eigenvalue weighted by Gasteiger charge is 2.48. The number of carbonyl (C=O) groups is 2. The van der Waals surface area contributed by atoms with E-state index in [0.29, 0.717) is 5.56 Å². The van der Waals surface area contributed by atoms with Crippen LogP contribution in [0.3, 0.4) is 0 Å². The van der Waals surface area contributed by atoms with Crippen LogP contribution in [0.15, 0.2) is 53.1 Å². The molecule has 0 bridgehead atoms. The van der Waals surface area contributed by atoms with Crippen molar-refractivity contribution < 1.29 is 19.2 Å². The first-order valence-corrected chi connectivity index (χ1v) is 8.29. The standard InChI is InChI=1S/C20H16N2O4/c1-12(23)20(10-11-20)16-8-6-14(7-9-16)13-2-4-15(5-3-13)18-17(19(24)25)21-22-26-18/h2-9H,10-11H2,1H3,(H,24,25). The summed E-state index contributed by atoms with van der Waals surface area (Å²) in [6.07, 6.45) is 1.85. The lowest BCUT2D eigenvalue weighted by atomic mass is 9.90. The van der Waals surface area contributed by atoms with E-state index in [1.807, 2.05) is 36.4 Å². The largest absolute Gasteiger partial charge is 0.476 e. The molecule has 3 aromatic rings. The third-order valence-corrected chi connectivity index (χ3v) is 5.03. The van der Waals surface area contributed by atoms with E-state index in [4.69, 9.17) is 9.63 Å². The first-order valence-electron chi connectivity index (χ1n) is 8.29. The summed E-state index contributed by atoms with van der Waals surface area (Å²) in [5.74, 6) is -0.818. The molecular formula is C20H16N2O4. The van der Waals surface area contributed by atoms with Crippen molar-refractivity contribution in [2.24, 2.45) is 0 Å². The van der Waals surface area contributed by atoms with Crippen molar-refractivity contribution in [1.29, 1.82) is 0 Å². The fraction of sp³-hybridized carbons (Fsp3) is 0.200. The lowest BCUT2D eigenvalue weighted by Crippen LogP contribution is -2.16. The number of aromatic carboxylic acids is 1. The minimum absolute atomic E-state index is 0.136. The summed E-state index contributed by atoms with van der Waals surface area (Å²) < 4.78 is 4.97. The Morgan fingerprint density at radius 3 is 2.00 bits per heavy atom. The molecule has 2 aromatic carbocycles. The van der Waals surface area contributed by atoms with Gasteiger partial charge in [0, 0.05) is 10.8 Å². The molecule has 6 nitrogen and oxygen atoms in total. The monoisotopic (exact) mass is 348 g/mol. The maximum atomic E-state index is 11.8. The van der Waals surface area contributed by atoms with Crippen LogP contribution in [0.1, 0.15) is 35.8 Å². The lowest BCUT2D eigenvalue weighted by molar-refractivity contribution is -0.119. The van der Waals surface area contributed by atoms with Crippen molar-refractivity contribution in [3.8, 4) is 22.5 Å². The number of rotatable bonds is 5. The average Bonchev–Trinajstić information content (AvgIpc) is 3.32. The van der Waals surface area contributed by atoms with Gasteiger partial charge in [0.05, 0.1) is 5.41 Å². The minimum atomic E-state index is -1.18. The number of benzene rings is 2. The van der Waals surface area contributed by atoms with Crippen LogP contribution in [0.25, 0.3) is 22.5 Å². The van der Waals surface area contributed by atoms with E-state index in [2.05, 4.69) is 10.4 Å². The predicted octanol–water partition coefficient (Wildman–Crippen LogP) is 3.72. The molecule has 4 rings (SSSR count). The highest BCUT2D eigenvalue weighted by atomic mass is 16.5. The van der Waals surface area contributed by atoms with E-state index in [9.17, 15) is 9.59 Å². The number of hydrogen-bond donors (Lipinski definition) is 1. The van der Waals surface area contributed by atoms with E-state index >= 15 is 0 Å². The molecule has 0 unspecified atom stereocenters. The Balaban J connectivity index is 1.60. The van der Waals surface area contributed by atoms with Crippen molar-refractivity contribution >= 4 is 11.8 Å². The van der Waals surface area contributed by atoms with Crippen LogP contribution in [-0.4, -0.2) is 27.2 Å². The van der Waals surface area contributed by atoms with Crippen LogP contribution in [0, 0.1) is 0 Å². The molecule has 6 heteroatoms. The van der Waals surface area contributed by atoms with Crippen molar-refractivity contribution in [2.45, 2.75) is 25.2 Å². The summed E-state index contributed by atoms with van der Waals surface area (Å²) in [6, 6.07) is 15.4. The van der Waals surface area contributed by atoms with E-state index in [1.54, 1.807) is 19.1 Å². The Labute approximate surface area is 149 Å². The molecular weight excluding hydrogens is 332 g/mol. The number of carboxylic acid groups (broad SMARTS) is 1. The Morgan fingerprint density at radius 2 is 1.50 bits per heavy atom. The summed E-state index contributed by atoms with van der Waals surface area (Å²) in [7, 11) is 0. The quantitative estimate of drug-likeness (QED) is 0.755. The van der Waals surface area contributed by atoms with Crippen LogP contribution in [-0.2, 0) is 10.2 Å². The smallest absolute Gasteiger partial charge is 0.360 e. The summed E-state index contributed by atoms with van der Waals surface area (Å²) in [4.78, 5) is 23.0. The summed E-state index contributed by atoms with van der Waals surface area (Å²) in [5.41, 5.74) is 3.20. The van der Waals surface area contributed by atoms with Gasteiger partial charge in [-0.15, -0.1) is 5.10 Å². The lowest BCUT2D eigenvalue weighted by Gasteiger charge is -2.12. The molecule has 0 atom stereocenters. The Morgan fingerprint density at radius 1 is 0.962 bits per heavy atom. The number of carboxylic acids is 1. The van der Waals surface area contributed by atoms with Gasteiger partial charge in [0.25, 0.3) is 0 Å². The summed E-state index contributed by atoms with van der Waals surface area (Å²) in [6.45, 7) is 1.66. The zero-order valence-electron chi connectivity index (χ0n) is 14.1. The molecule has 130 valence electrons. The fourth-order valence-corrected chi connectivity index (χ4v) is 3.28. The second-order valence-corrected chi connectivity index (χ2v) is 6.55. The van der Waals surface area contributed by atoms with Crippen molar-refractivity contribution in [2.75, 3.05) is 0 Å². The second-order valence-electron chi connectivity index (χ2n) is 6.55. The number of ketones is 1.